The lowest BCUT2D eigenvalue weighted by Crippen LogP contribution is -2.39. The number of nitrogens with zero attached hydrogens (tertiary/aromatic N) is 4. The minimum atomic E-state index is -3.41. The van der Waals surface area contributed by atoms with Crippen molar-refractivity contribution in [2.24, 2.45) is 0 Å². The monoisotopic (exact) mass is 404 g/mol. The SMILES string of the molecule is CCn1nccc1C(=O)N1CCC[C@H](N(C)S(=O)(=O)Cc2ccccc2)CC1. The zero-order chi connectivity index (χ0) is 20.1. The molecular weight excluding hydrogens is 376 g/mol. The van der Waals surface area contributed by atoms with E-state index in [1.165, 1.54) is 4.31 Å². The molecule has 3 rings (SSSR count). The fourth-order valence-electron chi connectivity index (χ4n) is 3.69. The molecular formula is C20H28N4O3S. The molecule has 1 saturated heterocycles. The Morgan fingerprint density at radius 1 is 1.18 bits per heavy atom. The van der Waals surface area contributed by atoms with Crippen LogP contribution in [0.3, 0.4) is 0 Å². The first kappa shape index (κ1) is 20.5. The van der Waals surface area contributed by atoms with Crippen LogP contribution in [-0.4, -0.2) is 59.5 Å². The van der Waals surface area contributed by atoms with Gasteiger partial charge >= 0.3 is 0 Å². The second-order valence-corrected chi connectivity index (χ2v) is 9.20. The van der Waals surface area contributed by atoms with Crippen LogP contribution in [0.4, 0.5) is 0 Å². The number of aromatic nitrogens is 2. The summed E-state index contributed by atoms with van der Waals surface area (Å²) in [5.74, 6) is -0.0334. The maximum atomic E-state index is 12.8. The number of aryl methyl sites for hydroxylation is 1. The van der Waals surface area contributed by atoms with Gasteiger partial charge in [0, 0.05) is 38.9 Å². The largest absolute Gasteiger partial charge is 0.337 e. The van der Waals surface area contributed by atoms with Crippen molar-refractivity contribution in [2.45, 2.75) is 44.5 Å². The molecule has 1 atom stereocenters. The molecule has 2 heterocycles. The van der Waals surface area contributed by atoms with Crippen LogP contribution >= 0.6 is 0 Å². The third-order valence-corrected chi connectivity index (χ3v) is 7.24. The van der Waals surface area contributed by atoms with Crippen molar-refractivity contribution in [3.8, 4) is 0 Å². The molecule has 0 unspecified atom stereocenters. The van der Waals surface area contributed by atoms with Crippen molar-refractivity contribution < 1.29 is 13.2 Å². The van der Waals surface area contributed by atoms with Gasteiger partial charge in [0.05, 0.1) is 5.75 Å². The summed E-state index contributed by atoms with van der Waals surface area (Å²) in [4.78, 5) is 14.7. The van der Waals surface area contributed by atoms with Gasteiger partial charge in [-0.3, -0.25) is 9.48 Å². The van der Waals surface area contributed by atoms with E-state index in [0.717, 1.165) is 18.4 Å². The number of benzene rings is 1. The number of rotatable bonds is 6. The number of hydrogen-bond donors (Lipinski definition) is 0. The Hall–Kier alpha value is -2.19. The van der Waals surface area contributed by atoms with Crippen molar-refractivity contribution in [3.05, 3.63) is 53.9 Å². The molecule has 0 spiro atoms. The average molecular weight is 405 g/mol. The van der Waals surface area contributed by atoms with E-state index in [0.29, 0.717) is 31.7 Å². The number of carbonyl (C=O) groups excluding carboxylic acids is 1. The quantitative estimate of drug-likeness (QED) is 0.741. The molecule has 1 aliphatic rings. The number of sulfonamides is 1. The Balaban J connectivity index is 1.65. The Bertz CT molecular complexity index is 895. The van der Waals surface area contributed by atoms with Crippen molar-refractivity contribution in [1.82, 2.24) is 19.0 Å². The van der Waals surface area contributed by atoms with Crippen LogP contribution in [-0.2, 0) is 22.3 Å². The molecule has 0 N–H and O–H groups in total. The van der Waals surface area contributed by atoms with Crippen molar-refractivity contribution in [2.75, 3.05) is 20.1 Å². The number of hydrogen-bond acceptors (Lipinski definition) is 4. The molecule has 1 aromatic carbocycles. The fourth-order valence-corrected chi connectivity index (χ4v) is 5.17. The zero-order valence-corrected chi connectivity index (χ0v) is 17.3. The van der Waals surface area contributed by atoms with E-state index >= 15 is 0 Å². The predicted molar refractivity (Wildman–Crippen MR) is 108 cm³/mol. The van der Waals surface area contributed by atoms with Gasteiger partial charge in [0.25, 0.3) is 5.91 Å². The first-order chi connectivity index (χ1) is 13.4. The number of likely N-dealkylation sites (tertiary alicyclic amines) is 1. The highest BCUT2D eigenvalue weighted by Crippen LogP contribution is 2.21. The third-order valence-electron chi connectivity index (χ3n) is 5.36. The van der Waals surface area contributed by atoms with E-state index in [-0.39, 0.29) is 17.7 Å². The topological polar surface area (TPSA) is 75.5 Å². The maximum Gasteiger partial charge on any atom is 0.272 e. The van der Waals surface area contributed by atoms with E-state index in [1.54, 1.807) is 24.0 Å². The molecule has 0 aliphatic carbocycles. The Morgan fingerprint density at radius 3 is 2.64 bits per heavy atom. The minimum Gasteiger partial charge on any atom is -0.337 e. The Kier molecular flexibility index (Phi) is 6.51. The fraction of sp³-hybridized carbons (Fsp3) is 0.500. The van der Waals surface area contributed by atoms with E-state index in [2.05, 4.69) is 5.10 Å². The lowest BCUT2D eigenvalue weighted by Gasteiger charge is -2.27. The molecule has 8 heteroatoms. The van der Waals surface area contributed by atoms with Crippen molar-refractivity contribution >= 4 is 15.9 Å². The molecule has 0 radical (unpaired) electrons. The normalized spacial score (nSPS) is 18.2. The Labute approximate surface area is 167 Å². The van der Waals surface area contributed by atoms with Crippen LogP contribution in [0.15, 0.2) is 42.6 Å². The highest BCUT2D eigenvalue weighted by atomic mass is 32.2. The van der Waals surface area contributed by atoms with Gasteiger partial charge < -0.3 is 4.90 Å². The van der Waals surface area contributed by atoms with Gasteiger partial charge in [-0.2, -0.15) is 5.10 Å². The van der Waals surface area contributed by atoms with Gasteiger partial charge in [-0.1, -0.05) is 30.3 Å². The lowest BCUT2D eigenvalue weighted by molar-refractivity contribution is 0.0747. The number of amides is 1. The second-order valence-electron chi connectivity index (χ2n) is 7.17. The van der Waals surface area contributed by atoms with E-state index in [1.807, 2.05) is 42.2 Å². The second kappa shape index (κ2) is 8.87. The highest BCUT2D eigenvalue weighted by Gasteiger charge is 2.30. The molecule has 0 saturated carbocycles. The third kappa shape index (κ3) is 4.62. The number of carbonyl (C=O) groups is 1. The molecule has 1 aromatic heterocycles. The van der Waals surface area contributed by atoms with Gasteiger partial charge in [-0.25, -0.2) is 12.7 Å². The molecule has 28 heavy (non-hydrogen) atoms. The first-order valence-electron chi connectivity index (χ1n) is 9.73. The van der Waals surface area contributed by atoms with Gasteiger partial charge in [0.15, 0.2) is 0 Å². The van der Waals surface area contributed by atoms with Crippen molar-refractivity contribution in [3.63, 3.8) is 0 Å². The maximum absolute atomic E-state index is 12.8. The molecule has 1 aliphatic heterocycles. The summed E-state index contributed by atoms with van der Waals surface area (Å²) in [6.45, 7) is 3.78. The zero-order valence-electron chi connectivity index (χ0n) is 16.5. The molecule has 1 amide bonds. The Morgan fingerprint density at radius 2 is 1.93 bits per heavy atom. The van der Waals surface area contributed by atoms with Gasteiger partial charge in [0.1, 0.15) is 5.69 Å². The summed E-state index contributed by atoms with van der Waals surface area (Å²) in [6, 6.07) is 10.9. The predicted octanol–water partition coefficient (Wildman–Crippen LogP) is 2.36. The standard InChI is InChI=1S/C20H28N4O3S/c1-3-24-19(11-13-21-24)20(25)23-14-7-10-18(12-15-23)22(2)28(26,27)16-17-8-5-4-6-9-17/h4-6,8-9,11,13,18H,3,7,10,12,14-16H2,1-2H3/t18-/m0/s1. The molecule has 7 nitrogen and oxygen atoms in total. The van der Waals surface area contributed by atoms with Gasteiger partial charge in [-0.05, 0) is 37.8 Å². The van der Waals surface area contributed by atoms with Crippen LogP contribution in [0, 0.1) is 0 Å². The summed E-state index contributed by atoms with van der Waals surface area (Å²) in [7, 11) is -1.75. The van der Waals surface area contributed by atoms with Gasteiger partial charge in [-0.15, -0.1) is 0 Å². The molecule has 0 bridgehead atoms. The summed E-state index contributed by atoms with van der Waals surface area (Å²) < 4.78 is 28.9. The lowest BCUT2D eigenvalue weighted by atomic mass is 10.1. The van der Waals surface area contributed by atoms with Crippen LogP contribution < -0.4 is 0 Å². The first-order valence-corrected chi connectivity index (χ1v) is 11.3. The smallest absolute Gasteiger partial charge is 0.272 e. The van der Waals surface area contributed by atoms with Crippen LogP contribution in [0.2, 0.25) is 0 Å². The van der Waals surface area contributed by atoms with E-state index < -0.39 is 10.0 Å². The molecule has 1 fully saturated rings. The van der Waals surface area contributed by atoms with E-state index in [9.17, 15) is 13.2 Å². The highest BCUT2D eigenvalue weighted by molar-refractivity contribution is 7.88. The summed E-state index contributed by atoms with van der Waals surface area (Å²) in [6.07, 6.45) is 3.81. The minimum absolute atomic E-state index is 0.000824. The summed E-state index contributed by atoms with van der Waals surface area (Å²) >= 11 is 0. The van der Waals surface area contributed by atoms with Gasteiger partial charge in [0.2, 0.25) is 10.0 Å². The average Bonchev–Trinajstić information content (AvgIpc) is 3.03. The molecule has 152 valence electrons. The molecule has 2 aromatic rings. The van der Waals surface area contributed by atoms with E-state index in [4.69, 9.17) is 0 Å². The van der Waals surface area contributed by atoms with Crippen molar-refractivity contribution in [1.29, 1.82) is 0 Å². The van der Waals surface area contributed by atoms with Crippen LogP contribution in [0.25, 0.3) is 0 Å². The van der Waals surface area contributed by atoms with Crippen LogP contribution in [0.1, 0.15) is 42.2 Å². The van der Waals surface area contributed by atoms with Crippen LogP contribution in [0.5, 0.6) is 0 Å². The summed E-state index contributed by atoms with van der Waals surface area (Å²) in [5, 5.41) is 4.17. The summed E-state index contributed by atoms with van der Waals surface area (Å²) in [5.41, 5.74) is 1.37.